The summed E-state index contributed by atoms with van der Waals surface area (Å²) in [6.45, 7) is 3.69. The molecule has 0 aromatic heterocycles. The molecule has 150 valence electrons. The molecule has 2 rings (SSSR count). The van der Waals surface area contributed by atoms with Crippen LogP contribution in [0.5, 0.6) is 0 Å². The highest BCUT2D eigenvalue weighted by atomic mass is 32.2. The maximum atomic E-state index is 12.9. The van der Waals surface area contributed by atoms with E-state index in [1.807, 2.05) is 0 Å². The third-order valence-corrected chi connectivity index (χ3v) is 5.16. The SMILES string of the molecule is CCOC(=O)c1cccc(NC(=O)C(CC)N(c2ccccc2)S(C)(=O)=O)c1. The lowest BCUT2D eigenvalue weighted by Crippen LogP contribution is -2.47. The number of nitrogens with zero attached hydrogens (tertiary/aromatic N) is 1. The van der Waals surface area contributed by atoms with E-state index in [1.54, 1.807) is 62.4 Å². The number of ether oxygens (including phenoxy) is 1. The van der Waals surface area contributed by atoms with E-state index in [4.69, 9.17) is 4.74 Å². The van der Waals surface area contributed by atoms with Gasteiger partial charge in [-0.15, -0.1) is 0 Å². The van der Waals surface area contributed by atoms with Crippen LogP contribution < -0.4 is 9.62 Å². The van der Waals surface area contributed by atoms with Gasteiger partial charge in [-0.3, -0.25) is 9.10 Å². The number of anilines is 2. The first-order chi connectivity index (χ1) is 13.3. The second-order valence-corrected chi connectivity index (χ2v) is 7.97. The van der Waals surface area contributed by atoms with E-state index in [-0.39, 0.29) is 13.0 Å². The summed E-state index contributed by atoms with van der Waals surface area (Å²) in [5.41, 5.74) is 1.10. The fraction of sp³-hybridized carbons (Fsp3) is 0.300. The zero-order valence-electron chi connectivity index (χ0n) is 16.1. The summed E-state index contributed by atoms with van der Waals surface area (Å²) in [5, 5.41) is 2.70. The summed E-state index contributed by atoms with van der Waals surface area (Å²) in [6, 6.07) is 13.8. The first kappa shape index (κ1) is 21.4. The van der Waals surface area contributed by atoms with Gasteiger partial charge >= 0.3 is 5.97 Å². The third-order valence-electron chi connectivity index (χ3n) is 3.98. The van der Waals surface area contributed by atoms with Crippen molar-refractivity contribution in [3.8, 4) is 0 Å². The van der Waals surface area contributed by atoms with Crippen LogP contribution in [0.15, 0.2) is 54.6 Å². The molecule has 1 unspecified atom stereocenters. The van der Waals surface area contributed by atoms with Crippen LogP contribution in [0.4, 0.5) is 11.4 Å². The van der Waals surface area contributed by atoms with Crippen molar-refractivity contribution in [1.82, 2.24) is 0 Å². The number of esters is 1. The molecule has 0 bridgehead atoms. The summed E-state index contributed by atoms with van der Waals surface area (Å²) in [4.78, 5) is 24.8. The number of hydrogen-bond acceptors (Lipinski definition) is 5. The Kier molecular flexibility index (Phi) is 7.17. The Bertz CT molecular complexity index is 929. The molecule has 1 N–H and O–H groups in total. The van der Waals surface area contributed by atoms with Crippen molar-refractivity contribution in [2.24, 2.45) is 0 Å². The molecule has 7 nitrogen and oxygen atoms in total. The lowest BCUT2D eigenvalue weighted by molar-refractivity contribution is -0.117. The fourth-order valence-electron chi connectivity index (χ4n) is 2.80. The molecule has 0 saturated heterocycles. The first-order valence-corrected chi connectivity index (χ1v) is 10.7. The molecule has 2 aromatic carbocycles. The van der Waals surface area contributed by atoms with Gasteiger partial charge in [-0.25, -0.2) is 13.2 Å². The number of sulfonamides is 1. The minimum atomic E-state index is -3.70. The van der Waals surface area contributed by atoms with Gasteiger partial charge in [-0.2, -0.15) is 0 Å². The van der Waals surface area contributed by atoms with Crippen LogP contribution in [0.25, 0.3) is 0 Å². The monoisotopic (exact) mass is 404 g/mol. The Morgan fingerprint density at radius 1 is 1.07 bits per heavy atom. The lowest BCUT2D eigenvalue weighted by atomic mass is 10.1. The predicted octanol–water partition coefficient (Wildman–Crippen LogP) is 3.05. The molecule has 8 heteroatoms. The van der Waals surface area contributed by atoms with Crippen molar-refractivity contribution in [1.29, 1.82) is 0 Å². The number of hydrogen-bond donors (Lipinski definition) is 1. The zero-order chi connectivity index (χ0) is 20.7. The molecule has 0 aliphatic carbocycles. The van der Waals surface area contributed by atoms with Gasteiger partial charge in [0.2, 0.25) is 15.9 Å². The molecule has 1 amide bonds. The van der Waals surface area contributed by atoms with Gasteiger partial charge in [-0.05, 0) is 43.7 Å². The van der Waals surface area contributed by atoms with Crippen molar-refractivity contribution in [3.63, 3.8) is 0 Å². The number of carbonyl (C=O) groups excluding carboxylic acids is 2. The molecule has 2 aromatic rings. The smallest absolute Gasteiger partial charge is 0.338 e. The average molecular weight is 404 g/mol. The highest BCUT2D eigenvalue weighted by molar-refractivity contribution is 7.92. The Balaban J connectivity index is 2.30. The van der Waals surface area contributed by atoms with Crippen molar-refractivity contribution < 1.29 is 22.7 Å². The minimum Gasteiger partial charge on any atom is -0.462 e. The van der Waals surface area contributed by atoms with Crippen LogP contribution in [0, 0.1) is 0 Å². The van der Waals surface area contributed by atoms with Crippen LogP contribution >= 0.6 is 0 Å². The van der Waals surface area contributed by atoms with Crippen molar-refractivity contribution in [2.45, 2.75) is 26.3 Å². The largest absolute Gasteiger partial charge is 0.462 e. The highest BCUT2D eigenvalue weighted by Crippen LogP contribution is 2.23. The molecule has 0 aliphatic rings. The Morgan fingerprint density at radius 3 is 2.32 bits per heavy atom. The molecule has 0 aliphatic heterocycles. The third kappa shape index (κ3) is 5.32. The Hall–Kier alpha value is -2.87. The van der Waals surface area contributed by atoms with Gasteiger partial charge in [0.25, 0.3) is 0 Å². The van der Waals surface area contributed by atoms with Crippen LogP contribution in [0.2, 0.25) is 0 Å². The standard InChI is InChI=1S/C20H24N2O5S/c1-4-18(22(28(3,25)26)17-12-7-6-8-13-17)19(23)21-16-11-9-10-15(14-16)20(24)27-5-2/h6-14,18H,4-5H2,1-3H3,(H,21,23). The van der Waals surface area contributed by atoms with Gasteiger partial charge in [0.15, 0.2) is 0 Å². The van der Waals surface area contributed by atoms with Crippen molar-refractivity contribution >= 4 is 33.3 Å². The zero-order valence-corrected chi connectivity index (χ0v) is 16.9. The summed E-state index contributed by atoms with van der Waals surface area (Å²) >= 11 is 0. The lowest BCUT2D eigenvalue weighted by Gasteiger charge is -2.30. The van der Waals surface area contributed by atoms with Gasteiger partial charge in [0.05, 0.1) is 24.1 Å². The Morgan fingerprint density at radius 2 is 1.75 bits per heavy atom. The molecule has 0 saturated carbocycles. The number of carbonyl (C=O) groups is 2. The number of para-hydroxylation sites is 1. The predicted molar refractivity (Wildman–Crippen MR) is 109 cm³/mol. The molecular weight excluding hydrogens is 380 g/mol. The molecule has 28 heavy (non-hydrogen) atoms. The minimum absolute atomic E-state index is 0.244. The van der Waals surface area contributed by atoms with Crippen molar-refractivity contribution in [2.75, 3.05) is 22.5 Å². The normalized spacial score (nSPS) is 12.1. The second kappa shape index (κ2) is 9.36. The van der Waals surface area contributed by atoms with Crippen LogP contribution in [0.3, 0.4) is 0 Å². The van der Waals surface area contributed by atoms with Crippen molar-refractivity contribution in [3.05, 3.63) is 60.2 Å². The molecular formula is C20H24N2O5S. The van der Waals surface area contributed by atoms with Gasteiger partial charge in [-0.1, -0.05) is 31.2 Å². The quantitative estimate of drug-likeness (QED) is 0.683. The summed E-state index contributed by atoms with van der Waals surface area (Å²) in [6.07, 6.45) is 1.34. The summed E-state index contributed by atoms with van der Waals surface area (Å²) < 4.78 is 30.8. The van der Waals surface area contributed by atoms with E-state index in [0.717, 1.165) is 10.6 Å². The molecule has 1 atom stereocenters. The number of benzene rings is 2. The first-order valence-electron chi connectivity index (χ1n) is 8.90. The maximum Gasteiger partial charge on any atom is 0.338 e. The van der Waals surface area contributed by atoms with Crippen LogP contribution in [-0.4, -0.2) is 39.2 Å². The highest BCUT2D eigenvalue weighted by Gasteiger charge is 2.31. The van der Waals surface area contributed by atoms with Gasteiger partial charge in [0, 0.05) is 5.69 Å². The number of nitrogens with one attached hydrogen (secondary N) is 1. The fourth-order valence-corrected chi connectivity index (χ4v) is 4.01. The second-order valence-electron chi connectivity index (χ2n) is 6.11. The molecule has 0 radical (unpaired) electrons. The molecule has 0 fully saturated rings. The summed E-state index contributed by atoms with van der Waals surface area (Å²) in [7, 11) is -3.70. The Labute approximate surface area is 165 Å². The van der Waals surface area contributed by atoms with E-state index in [1.165, 1.54) is 6.07 Å². The van der Waals surface area contributed by atoms with E-state index in [9.17, 15) is 18.0 Å². The van der Waals surface area contributed by atoms with E-state index < -0.39 is 27.9 Å². The van der Waals surface area contributed by atoms with E-state index in [2.05, 4.69) is 5.32 Å². The number of amides is 1. The van der Waals surface area contributed by atoms with Crippen LogP contribution in [-0.2, 0) is 19.6 Å². The molecule has 0 heterocycles. The molecule has 0 spiro atoms. The van der Waals surface area contributed by atoms with E-state index in [0.29, 0.717) is 16.9 Å². The van der Waals surface area contributed by atoms with E-state index >= 15 is 0 Å². The van der Waals surface area contributed by atoms with Gasteiger partial charge in [0.1, 0.15) is 6.04 Å². The maximum absolute atomic E-state index is 12.9. The summed E-state index contributed by atoms with van der Waals surface area (Å²) in [5.74, 6) is -0.981. The van der Waals surface area contributed by atoms with Gasteiger partial charge < -0.3 is 10.1 Å². The topological polar surface area (TPSA) is 92.8 Å². The number of rotatable bonds is 8. The average Bonchev–Trinajstić information content (AvgIpc) is 2.66. The van der Waals surface area contributed by atoms with Crippen LogP contribution in [0.1, 0.15) is 30.6 Å².